The summed E-state index contributed by atoms with van der Waals surface area (Å²) in [6.07, 6.45) is 0. The van der Waals surface area contributed by atoms with Gasteiger partial charge in [-0.3, -0.25) is 9.10 Å². The fourth-order valence-corrected chi connectivity index (χ4v) is 4.33. The summed E-state index contributed by atoms with van der Waals surface area (Å²) in [5, 5.41) is 12.1. The van der Waals surface area contributed by atoms with Gasteiger partial charge in [-0.15, -0.1) is 0 Å². The lowest BCUT2D eigenvalue weighted by Gasteiger charge is -2.26. The number of carbonyl (C=O) groups is 2. The number of benzene rings is 2. The number of hydrogen-bond acceptors (Lipinski definition) is 5. The minimum absolute atomic E-state index is 0.0441. The first-order chi connectivity index (χ1) is 14.6. The Balaban J connectivity index is 2.39. The summed E-state index contributed by atoms with van der Waals surface area (Å²) in [5.41, 5.74) is 0.213. The third-order valence-corrected chi connectivity index (χ3v) is 6.41. The highest BCUT2D eigenvalue weighted by atomic mass is 35.5. The molecule has 2 aromatic rings. The second-order valence-corrected chi connectivity index (χ2v) is 9.32. The number of nitrogens with zero attached hydrogens (tertiary/aromatic N) is 1. The van der Waals surface area contributed by atoms with Crippen LogP contribution in [0, 0.1) is 5.92 Å². The van der Waals surface area contributed by atoms with Gasteiger partial charge in [0.25, 0.3) is 10.0 Å². The predicted octanol–water partition coefficient (Wildman–Crippen LogP) is 3.16. The molecule has 1 amide bonds. The third-order valence-electron chi connectivity index (χ3n) is 4.37. The minimum atomic E-state index is -4.14. The van der Waals surface area contributed by atoms with E-state index in [-0.39, 0.29) is 16.5 Å². The highest BCUT2D eigenvalue weighted by Crippen LogP contribution is 2.26. The molecule has 0 aliphatic rings. The standard InChI is InChI=1S/C21H25ClN2O6S/c1-4-30-17-9-11-18(12-10-17)31(28,29)24(16-7-5-15(22)6-8-16)13-19(25)23-20(14(2)3)21(26)27/h5-12,14,20H,4,13H2,1-3H3,(H,23,25)(H,26,27)/t20-/m0/s1. The van der Waals surface area contributed by atoms with Crippen molar-refractivity contribution in [1.29, 1.82) is 0 Å². The Morgan fingerprint density at radius 3 is 2.16 bits per heavy atom. The van der Waals surface area contributed by atoms with E-state index >= 15 is 0 Å². The van der Waals surface area contributed by atoms with Crippen LogP contribution in [0.3, 0.4) is 0 Å². The number of hydrogen-bond donors (Lipinski definition) is 2. The highest BCUT2D eigenvalue weighted by Gasteiger charge is 2.30. The number of halogens is 1. The number of nitrogens with one attached hydrogen (secondary N) is 1. The Morgan fingerprint density at radius 2 is 1.68 bits per heavy atom. The van der Waals surface area contributed by atoms with Crippen LogP contribution < -0.4 is 14.4 Å². The number of ether oxygens (including phenoxy) is 1. The van der Waals surface area contributed by atoms with Crippen LogP contribution in [-0.4, -0.2) is 44.6 Å². The number of aliphatic carboxylic acids is 1. The maximum absolute atomic E-state index is 13.3. The molecule has 0 saturated heterocycles. The molecule has 0 radical (unpaired) electrons. The molecule has 2 N–H and O–H groups in total. The van der Waals surface area contributed by atoms with E-state index in [1.54, 1.807) is 13.8 Å². The molecule has 0 saturated carbocycles. The highest BCUT2D eigenvalue weighted by molar-refractivity contribution is 7.92. The van der Waals surface area contributed by atoms with E-state index in [0.29, 0.717) is 17.4 Å². The number of carboxylic acid groups (broad SMARTS) is 1. The molecule has 0 heterocycles. The van der Waals surface area contributed by atoms with Crippen LogP contribution in [0.15, 0.2) is 53.4 Å². The number of rotatable bonds is 10. The van der Waals surface area contributed by atoms with Crippen molar-refractivity contribution in [3.8, 4) is 5.75 Å². The summed E-state index contributed by atoms with van der Waals surface area (Å²) in [6.45, 7) is 4.93. The van der Waals surface area contributed by atoms with Crippen molar-refractivity contribution in [1.82, 2.24) is 5.32 Å². The second kappa shape index (κ2) is 10.5. The number of carbonyl (C=O) groups excluding carboxylic acids is 1. The molecule has 2 rings (SSSR count). The maximum atomic E-state index is 13.3. The molecular formula is C21H25ClN2O6S. The van der Waals surface area contributed by atoms with Gasteiger partial charge in [0, 0.05) is 5.02 Å². The van der Waals surface area contributed by atoms with Crippen LogP contribution >= 0.6 is 11.6 Å². The first-order valence-corrected chi connectivity index (χ1v) is 11.4. The van der Waals surface area contributed by atoms with Gasteiger partial charge in [-0.1, -0.05) is 25.4 Å². The molecule has 0 spiro atoms. The van der Waals surface area contributed by atoms with Crippen LogP contribution in [0.1, 0.15) is 20.8 Å². The van der Waals surface area contributed by atoms with E-state index in [2.05, 4.69) is 5.32 Å². The molecule has 168 valence electrons. The average molecular weight is 469 g/mol. The number of amides is 1. The molecule has 8 nitrogen and oxygen atoms in total. The van der Waals surface area contributed by atoms with Crippen LogP contribution in [-0.2, 0) is 19.6 Å². The van der Waals surface area contributed by atoms with Crippen molar-refractivity contribution in [3.05, 3.63) is 53.6 Å². The lowest BCUT2D eigenvalue weighted by atomic mass is 10.1. The molecule has 1 atom stereocenters. The Morgan fingerprint density at radius 1 is 1.10 bits per heavy atom. The Bertz CT molecular complexity index is 1010. The molecule has 0 fully saturated rings. The maximum Gasteiger partial charge on any atom is 0.326 e. The average Bonchev–Trinajstić information content (AvgIpc) is 2.71. The Kier molecular flexibility index (Phi) is 8.29. The van der Waals surface area contributed by atoms with Gasteiger partial charge in [-0.25, -0.2) is 13.2 Å². The lowest BCUT2D eigenvalue weighted by molar-refractivity contribution is -0.142. The summed E-state index contributed by atoms with van der Waals surface area (Å²) < 4.78 is 32.9. The summed E-state index contributed by atoms with van der Waals surface area (Å²) in [5.74, 6) is -1.81. The largest absolute Gasteiger partial charge is 0.494 e. The van der Waals surface area contributed by atoms with E-state index in [0.717, 1.165) is 4.31 Å². The topological polar surface area (TPSA) is 113 Å². The van der Waals surface area contributed by atoms with Crippen molar-refractivity contribution >= 4 is 39.2 Å². The van der Waals surface area contributed by atoms with Crippen LogP contribution in [0.2, 0.25) is 5.02 Å². The van der Waals surface area contributed by atoms with E-state index in [1.807, 2.05) is 6.92 Å². The second-order valence-electron chi connectivity index (χ2n) is 7.02. The third kappa shape index (κ3) is 6.35. The minimum Gasteiger partial charge on any atom is -0.494 e. The molecule has 2 aromatic carbocycles. The predicted molar refractivity (Wildman–Crippen MR) is 118 cm³/mol. The van der Waals surface area contributed by atoms with E-state index in [1.165, 1.54) is 48.5 Å². The fourth-order valence-electron chi connectivity index (χ4n) is 2.79. The zero-order chi connectivity index (χ0) is 23.2. The van der Waals surface area contributed by atoms with Gasteiger partial charge >= 0.3 is 5.97 Å². The molecule has 0 aromatic heterocycles. The van der Waals surface area contributed by atoms with Crippen molar-refractivity contribution < 1.29 is 27.9 Å². The van der Waals surface area contributed by atoms with Gasteiger partial charge in [0.2, 0.25) is 5.91 Å². The van der Waals surface area contributed by atoms with Crippen molar-refractivity contribution in [2.75, 3.05) is 17.5 Å². The van der Waals surface area contributed by atoms with E-state index in [9.17, 15) is 23.1 Å². The van der Waals surface area contributed by atoms with Crippen LogP contribution in [0.25, 0.3) is 0 Å². The van der Waals surface area contributed by atoms with Gasteiger partial charge in [0.05, 0.1) is 17.2 Å². The molecule has 31 heavy (non-hydrogen) atoms. The summed E-state index contributed by atoms with van der Waals surface area (Å²) in [7, 11) is -4.14. The summed E-state index contributed by atoms with van der Waals surface area (Å²) >= 11 is 5.91. The zero-order valence-corrected chi connectivity index (χ0v) is 19.0. The van der Waals surface area contributed by atoms with Gasteiger partial charge in [-0.2, -0.15) is 0 Å². The van der Waals surface area contributed by atoms with Crippen molar-refractivity contribution in [2.24, 2.45) is 5.92 Å². The first kappa shape index (κ1) is 24.5. The smallest absolute Gasteiger partial charge is 0.326 e. The first-order valence-electron chi connectivity index (χ1n) is 9.59. The molecular weight excluding hydrogens is 444 g/mol. The van der Waals surface area contributed by atoms with E-state index in [4.69, 9.17) is 16.3 Å². The van der Waals surface area contributed by atoms with Gasteiger partial charge in [0.1, 0.15) is 18.3 Å². The van der Waals surface area contributed by atoms with Crippen LogP contribution in [0.4, 0.5) is 5.69 Å². The van der Waals surface area contributed by atoms with E-state index < -0.39 is 34.5 Å². The van der Waals surface area contributed by atoms with Crippen molar-refractivity contribution in [2.45, 2.75) is 31.7 Å². The Hall–Kier alpha value is -2.78. The Labute approximate surface area is 186 Å². The molecule has 0 unspecified atom stereocenters. The van der Waals surface area contributed by atoms with Gasteiger partial charge in [0.15, 0.2) is 0 Å². The lowest BCUT2D eigenvalue weighted by Crippen LogP contribution is -2.49. The number of anilines is 1. The van der Waals surface area contributed by atoms with Crippen LogP contribution in [0.5, 0.6) is 5.75 Å². The molecule has 0 aliphatic heterocycles. The van der Waals surface area contributed by atoms with Gasteiger partial charge < -0.3 is 15.2 Å². The molecule has 0 aliphatic carbocycles. The number of carboxylic acids is 1. The molecule has 0 bridgehead atoms. The van der Waals surface area contributed by atoms with Gasteiger partial charge in [-0.05, 0) is 61.4 Å². The quantitative estimate of drug-likeness (QED) is 0.553. The summed E-state index contributed by atoms with van der Waals surface area (Å²) in [6, 6.07) is 10.6. The SMILES string of the molecule is CCOc1ccc(S(=O)(=O)N(CC(=O)N[C@H](C(=O)O)C(C)C)c2ccc(Cl)cc2)cc1. The normalized spacial score (nSPS) is 12.3. The fraction of sp³-hybridized carbons (Fsp3) is 0.333. The monoisotopic (exact) mass is 468 g/mol. The zero-order valence-electron chi connectivity index (χ0n) is 17.4. The summed E-state index contributed by atoms with van der Waals surface area (Å²) in [4.78, 5) is 24.0. The molecule has 10 heteroatoms. The number of sulfonamides is 1. The van der Waals surface area contributed by atoms with Crippen molar-refractivity contribution in [3.63, 3.8) is 0 Å².